The largest absolute Gasteiger partial charge is 0.364 e. The Kier molecular flexibility index (Phi) is 6.65. The lowest BCUT2D eigenvalue weighted by molar-refractivity contribution is 0.505. The molecule has 0 aliphatic heterocycles. The molecule has 0 atom stereocenters. The summed E-state index contributed by atoms with van der Waals surface area (Å²) in [5.41, 5.74) is 1.29. The molecule has 0 bridgehead atoms. The zero-order valence-corrected chi connectivity index (χ0v) is 9.42. The maximum Gasteiger partial charge on any atom is 0.0398 e. The topological polar surface area (TPSA) is 19.0 Å². The normalized spacial score (nSPS) is 9.18. The van der Waals surface area contributed by atoms with Crippen molar-refractivity contribution in [1.82, 2.24) is 9.88 Å². The van der Waals surface area contributed by atoms with Crippen LogP contribution in [0.4, 0.5) is 0 Å². The smallest absolute Gasteiger partial charge is 0.0398 e. The SMILES string of the molecule is CN(C)C.ICc1ccc[nH]1. The molecule has 1 aromatic heterocycles. The van der Waals surface area contributed by atoms with Crippen LogP contribution in [0.1, 0.15) is 5.69 Å². The predicted octanol–water partition coefficient (Wildman–Crippen LogP) is 2.13. The molecule has 0 fully saturated rings. The van der Waals surface area contributed by atoms with E-state index in [0.717, 1.165) is 4.43 Å². The molecule has 1 N–H and O–H groups in total. The molecule has 0 spiro atoms. The van der Waals surface area contributed by atoms with Gasteiger partial charge in [0.1, 0.15) is 0 Å². The Morgan fingerprint density at radius 2 is 2.00 bits per heavy atom. The highest BCUT2D eigenvalue weighted by Crippen LogP contribution is 1.99. The maximum atomic E-state index is 3.08. The second-order valence-corrected chi connectivity index (χ2v) is 3.43. The van der Waals surface area contributed by atoms with E-state index in [9.17, 15) is 0 Å². The number of halogens is 1. The summed E-state index contributed by atoms with van der Waals surface area (Å²) in [5.74, 6) is 0. The summed E-state index contributed by atoms with van der Waals surface area (Å²) in [6.45, 7) is 0. The second kappa shape index (κ2) is 6.67. The average molecular weight is 266 g/mol. The highest BCUT2D eigenvalue weighted by molar-refractivity contribution is 14.1. The van der Waals surface area contributed by atoms with E-state index in [-0.39, 0.29) is 0 Å². The van der Waals surface area contributed by atoms with E-state index in [4.69, 9.17) is 0 Å². The molecule has 0 unspecified atom stereocenters. The van der Waals surface area contributed by atoms with Gasteiger partial charge in [0, 0.05) is 16.3 Å². The zero-order valence-electron chi connectivity index (χ0n) is 7.26. The van der Waals surface area contributed by atoms with Gasteiger partial charge in [-0.1, -0.05) is 22.6 Å². The monoisotopic (exact) mass is 266 g/mol. The third kappa shape index (κ3) is 7.87. The lowest BCUT2D eigenvalue weighted by atomic mass is 10.5. The number of aromatic nitrogens is 1. The lowest BCUT2D eigenvalue weighted by Gasteiger charge is -1.90. The fraction of sp³-hybridized carbons (Fsp3) is 0.500. The summed E-state index contributed by atoms with van der Waals surface area (Å²) < 4.78 is 1.07. The van der Waals surface area contributed by atoms with E-state index in [1.807, 2.05) is 38.3 Å². The first-order chi connectivity index (χ1) is 5.16. The molecule has 1 aromatic rings. The fourth-order valence-electron chi connectivity index (χ4n) is 0.451. The Hall–Kier alpha value is -0.0300. The van der Waals surface area contributed by atoms with Crippen LogP contribution in [0.3, 0.4) is 0 Å². The van der Waals surface area contributed by atoms with Gasteiger partial charge in [-0.15, -0.1) is 0 Å². The predicted molar refractivity (Wildman–Crippen MR) is 58.1 cm³/mol. The van der Waals surface area contributed by atoms with Crippen molar-refractivity contribution >= 4 is 22.6 Å². The van der Waals surface area contributed by atoms with Crippen molar-refractivity contribution in [1.29, 1.82) is 0 Å². The van der Waals surface area contributed by atoms with E-state index >= 15 is 0 Å². The number of aromatic amines is 1. The Labute approximate surface area is 82.1 Å². The molecule has 3 heteroatoms. The van der Waals surface area contributed by atoms with Crippen LogP contribution in [0.15, 0.2) is 18.3 Å². The Morgan fingerprint density at radius 1 is 1.45 bits per heavy atom. The molecule has 1 rings (SSSR count). The van der Waals surface area contributed by atoms with Gasteiger partial charge in [0.15, 0.2) is 0 Å². The van der Waals surface area contributed by atoms with Crippen LogP contribution in [0.25, 0.3) is 0 Å². The van der Waals surface area contributed by atoms with Crippen molar-refractivity contribution in [2.45, 2.75) is 4.43 Å². The van der Waals surface area contributed by atoms with Crippen molar-refractivity contribution in [3.63, 3.8) is 0 Å². The van der Waals surface area contributed by atoms with Crippen molar-refractivity contribution in [2.75, 3.05) is 21.1 Å². The molecule has 2 nitrogen and oxygen atoms in total. The van der Waals surface area contributed by atoms with E-state index in [0.29, 0.717) is 0 Å². The minimum atomic E-state index is 1.07. The fourth-order valence-corrected chi connectivity index (χ4v) is 0.925. The molecule has 0 aliphatic carbocycles. The lowest BCUT2D eigenvalue weighted by Crippen LogP contribution is -1.99. The van der Waals surface area contributed by atoms with Crippen molar-refractivity contribution < 1.29 is 0 Å². The molecular weight excluding hydrogens is 251 g/mol. The Morgan fingerprint density at radius 3 is 2.18 bits per heavy atom. The van der Waals surface area contributed by atoms with Crippen molar-refractivity contribution in [3.05, 3.63) is 24.0 Å². The summed E-state index contributed by atoms with van der Waals surface area (Å²) in [4.78, 5) is 5.08. The highest BCUT2D eigenvalue weighted by Gasteiger charge is 1.82. The van der Waals surface area contributed by atoms with Crippen LogP contribution in [0.5, 0.6) is 0 Å². The number of rotatable bonds is 1. The minimum Gasteiger partial charge on any atom is -0.364 e. The zero-order chi connectivity index (χ0) is 8.69. The van der Waals surface area contributed by atoms with Gasteiger partial charge in [0.25, 0.3) is 0 Å². The summed E-state index contributed by atoms with van der Waals surface area (Å²) in [6.07, 6.45) is 1.94. The first kappa shape index (κ1) is 11.0. The molecule has 0 saturated carbocycles. The molecule has 64 valence electrons. The van der Waals surface area contributed by atoms with Crippen LogP contribution in [-0.2, 0) is 4.43 Å². The van der Waals surface area contributed by atoms with E-state index < -0.39 is 0 Å². The first-order valence-electron chi connectivity index (χ1n) is 3.46. The van der Waals surface area contributed by atoms with Gasteiger partial charge in [0.05, 0.1) is 0 Å². The number of nitrogens with one attached hydrogen (secondary N) is 1. The minimum absolute atomic E-state index is 1.07. The summed E-state index contributed by atoms with van der Waals surface area (Å²) in [7, 11) is 6.00. The van der Waals surface area contributed by atoms with Gasteiger partial charge >= 0.3 is 0 Å². The number of hydrogen-bond acceptors (Lipinski definition) is 1. The van der Waals surface area contributed by atoms with Gasteiger partial charge in [-0.3, -0.25) is 0 Å². The molecule has 0 radical (unpaired) electrons. The third-order valence-electron chi connectivity index (χ3n) is 0.806. The van der Waals surface area contributed by atoms with Gasteiger partial charge in [-0.25, -0.2) is 0 Å². The number of nitrogens with zero attached hydrogens (tertiary/aromatic N) is 1. The van der Waals surface area contributed by atoms with E-state index in [1.54, 1.807) is 0 Å². The number of hydrogen-bond donors (Lipinski definition) is 1. The molecule has 0 aromatic carbocycles. The van der Waals surface area contributed by atoms with Gasteiger partial charge in [-0.2, -0.15) is 0 Å². The van der Waals surface area contributed by atoms with Crippen LogP contribution < -0.4 is 0 Å². The molecule has 0 amide bonds. The maximum absolute atomic E-state index is 3.08. The molecule has 0 aliphatic rings. The number of alkyl halides is 1. The van der Waals surface area contributed by atoms with E-state index in [1.165, 1.54) is 5.69 Å². The number of H-pyrrole nitrogens is 1. The molecule has 0 saturated heterocycles. The third-order valence-corrected chi connectivity index (χ3v) is 1.63. The summed E-state index contributed by atoms with van der Waals surface area (Å²) in [5, 5.41) is 0. The van der Waals surface area contributed by atoms with Crippen molar-refractivity contribution in [2.24, 2.45) is 0 Å². The summed E-state index contributed by atoms with van der Waals surface area (Å²) >= 11 is 2.32. The highest BCUT2D eigenvalue weighted by atomic mass is 127. The first-order valence-corrected chi connectivity index (χ1v) is 4.98. The van der Waals surface area contributed by atoms with Crippen molar-refractivity contribution in [3.8, 4) is 0 Å². The summed E-state index contributed by atoms with van der Waals surface area (Å²) in [6, 6.07) is 4.08. The Balaban J connectivity index is 0.000000218. The van der Waals surface area contributed by atoms with Crippen LogP contribution >= 0.6 is 22.6 Å². The van der Waals surface area contributed by atoms with Crippen LogP contribution in [0, 0.1) is 0 Å². The molecule has 11 heavy (non-hydrogen) atoms. The van der Waals surface area contributed by atoms with E-state index in [2.05, 4.69) is 33.6 Å². The average Bonchev–Trinajstić information content (AvgIpc) is 2.36. The van der Waals surface area contributed by atoms with Gasteiger partial charge in [-0.05, 0) is 33.3 Å². The standard InChI is InChI=1S/C5H6IN.C3H9N/c6-4-5-2-1-3-7-5;1-4(2)3/h1-3,7H,4H2;1-3H3. The Bertz CT molecular complexity index is 156. The molecular formula is C8H15IN2. The quantitative estimate of drug-likeness (QED) is 0.609. The van der Waals surface area contributed by atoms with Crippen LogP contribution in [-0.4, -0.2) is 31.0 Å². The van der Waals surface area contributed by atoms with Gasteiger partial charge in [0.2, 0.25) is 0 Å². The molecule has 1 heterocycles. The van der Waals surface area contributed by atoms with Crippen LogP contribution in [0.2, 0.25) is 0 Å². The second-order valence-electron chi connectivity index (χ2n) is 2.67. The van der Waals surface area contributed by atoms with Gasteiger partial charge < -0.3 is 9.88 Å².